The van der Waals surface area contributed by atoms with Crippen molar-refractivity contribution in [2.75, 3.05) is 13.2 Å². The predicted molar refractivity (Wildman–Crippen MR) is 105 cm³/mol. The summed E-state index contributed by atoms with van der Waals surface area (Å²) in [6.45, 7) is 1.68. The van der Waals surface area contributed by atoms with Crippen molar-refractivity contribution in [3.05, 3.63) is 12.2 Å². The van der Waals surface area contributed by atoms with Gasteiger partial charge in [0.05, 0.1) is 12.7 Å². The summed E-state index contributed by atoms with van der Waals surface area (Å²) in [7, 11) is 0. The first kappa shape index (κ1) is 25.1. The van der Waals surface area contributed by atoms with Crippen molar-refractivity contribution in [2.45, 2.75) is 103 Å². The third kappa shape index (κ3) is 17.9. The number of allylic oxidation sites excluding steroid dienone is 1. The molecule has 0 heterocycles. The van der Waals surface area contributed by atoms with Crippen molar-refractivity contribution in [2.24, 2.45) is 0 Å². The summed E-state index contributed by atoms with van der Waals surface area (Å²) >= 11 is 0. The lowest BCUT2D eigenvalue weighted by molar-refractivity contribution is -0.147. The molecule has 0 aliphatic carbocycles. The molecule has 0 bridgehead atoms. The lowest BCUT2D eigenvalue weighted by atomic mass is 10.1. The molecule has 0 saturated heterocycles. The Labute approximate surface area is 159 Å². The van der Waals surface area contributed by atoms with Gasteiger partial charge in [-0.2, -0.15) is 0 Å². The highest BCUT2D eigenvalue weighted by molar-refractivity contribution is 5.69. The smallest absolute Gasteiger partial charge is 0.305 e. The molecule has 2 atom stereocenters. The van der Waals surface area contributed by atoms with Crippen LogP contribution >= 0.6 is 0 Å². The molecule has 0 saturated carbocycles. The van der Waals surface area contributed by atoms with Gasteiger partial charge in [0, 0.05) is 6.42 Å². The molecule has 0 aromatic carbocycles. The summed E-state index contributed by atoms with van der Waals surface area (Å²) in [6, 6.07) is 0. The fraction of sp³-hybridized carbons (Fsp3) is 0.857. The number of aliphatic hydroxyl groups excluding tert-OH is 3. The Morgan fingerprint density at radius 1 is 0.923 bits per heavy atom. The molecule has 26 heavy (non-hydrogen) atoms. The molecule has 0 spiro atoms. The van der Waals surface area contributed by atoms with E-state index in [0.717, 1.165) is 57.8 Å². The van der Waals surface area contributed by atoms with Crippen LogP contribution in [0.1, 0.15) is 90.4 Å². The molecular formula is C21H40O5. The molecule has 5 heteroatoms. The van der Waals surface area contributed by atoms with E-state index in [2.05, 4.69) is 19.1 Å². The third-order valence-electron chi connectivity index (χ3n) is 4.36. The molecule has 0 aromatic heterocycles. The highest BCUT2D eigenvalue weighted by Gasteiger charge is 2.07. The van der Waals surface area contributed by atoms with Crippen LogP contribution < -0.4 is 0 Å². The molecule has 0 fully saturated rings. The third-order valence-corrected chi connectivity index (χ3v) is 4.36. The van der Waals surface area contributed by atoms with Gasteiger partial charge in [-0.3, -0.25) is 4.79 Å². The number of aliphatic hydroxyl groups is 3. The summed E-state index contributed by atoms with van der Waals surface area (Å²) in [5, 5.41) is 27.6. The van der Waals surface area contributed by atoms with Gasteiger partial charge in [0.25, 0.3) is 0 Å². The van der Waals surface area contributed by atoms with E-state index in [1.54, 1.807) is 0 Å². The zero-order valence-electron chi connectivity index (χ0n) is 16.6. The number of hydrogen-bond acceptors (Lipinski definition) is 5. The van der Waals surface area contributed by atoms with Crippen LogP contribution in [-0.4, -0.2) is 46.7 Å². The van der Waals surface area contributed by atoms with Gasteiger partial charge in [0.2, 0.25) is 0 Å². The Kier molecular flexibility index (Phi) is 18.2. The molecule has 0 aromatic rings. The molecule has 154 valence electrons. The standard InChI is InChI=1S/C21H40O5/c1-2-3-4-11-14-19(23)15-12-9-7-5-6-8-10-13-16-21(25)26-18-20(24)17-22/h9,12,19-20,22-24H,2-8,10-11,13-18H2,1H3/b12-9-/t19-,20+/m1/s1. The number of carbonyl (C=O) groups excluding carboxylic acids is 1. The minimum absolute atomic E-state index is 0.130. The summed E-state index contributed by atoms with van der Waals surface area (Å²) in [6.07, 6.45) is 16.2. The van der Waals surface area contributed by atoms with Gasteiger partial charge in [-0.15, -0.1) is 0 Å². The normalized spacial score (nSPS) is 13.8. The fourth-order valence-electron chi connectivity index (χ4n) is 2.67. The SMILES string of the molecule is CCCCCC[C@@H](O)C/C=C\CCCCCCCC(=O)OC[C@@H](O)CO. The molecule has 3 N–H and O–H groups in total. The molecule has 0 unspecified atom stereocenters. The van der Waals surface area contributed by atoms with Gasteiger partial charge in [-0.25, -0.2) is 0 Å². The second-order valence-electron chi connectivity index (χ2n) is 7.04. The van der Waals surface area contributed by atoms with Crippen molar-refractivity contribution < 1.29 is 24.9 Å². The van der Waals surface area contributed by atoms with Gasteiger partial charge >= 0.3 is 5.97 Å². The lowest BCUT2D eigenvalue weighted by Gasteiger charge is -2.08. The minimum Gasteiger partial charge on any atom is -0.463 e. The molecule has 0 aliphatic heterocycles. The first-order chi connectivity index (χ1) is 12.6. The van der Waals surface area contributed by atoms with E-state index < -0.39 is 6.10 Å². The first-order valence-corrected chi connectivity index (χ1v) is 10.4. The molecule has 5 nitrogen and oxygen atoms in total. The Morgan fingerprint density at radius 3 is 2.35 bits per heavy atom. The number of hydrogen-bond donors (Lipinski definition) is 3. The summed E-state index contributed by atoms with van der Waals surface area (Å²) < 4.78 is 4.84. The van der Waals surface area contributed by atoms with Crippen molar-refractivity contribution >= 4 is 5.97 Å². The Morgan fingerprint density at radius 2 is 1.62 bits per heavy atom. The van der Waals surface area contributed by atoms with Gasteiger partial charge in [0.15, 0.2) is 0 Å². The largest absolute Gasteiger partial charge is 0.463 e. The number of esters is 1. The van der Waals surface area contributed by atoms with E-state index in [-0.39, 0.29) is 25.3 Å². The monoisotopic (exact) mass is 372 g/mol. The topological polar surface area (TPSA) is 87.0 Å². The molecule has 0 aliphatic rings. The van der Waals surface area contributed by atoms with Crippen LogP contribution in [0.25, 0.3) is 0 Å². The number of carbonyl (C=O) groups is 1. The van der Waals surface area contributed by atoms with Crippen molar-refractivity contribution in [3.63, 3.8) is 0 Å². The zero-order valence-corrected chi connectivity index (χ0v) is 16.6. The number of ether oxygens (including phenoxy) is 1. The molecule has 0 amide bonds. The maximum atomic E-state index is 11.4. The predicted octanol–water partition coefficient (Wildman–Crippen LogP) is 3.89. The Balaban J connectivity index is 3.36. The van der Waals surface area contributed by atoms with Crippen LogP contribution in [0.15, 0.2) is 12.2 Å². The van der Waals surface area contributed by atoms with Gasteiger partial charge in [-0.1, -0.05) is 64.0 Å². The van der Waals surface area contributed by atoms with E-state index in [0.29, 0.717) is 6.42 Å². The Hall–Kier alpha value is -0.910. The van der Waals surface area contributed by atoms with Crippen LogP contribution in [0.2, 0.25) is 0 Å². The number of unbranched alkanes of at least 4 members (excludes halogenated alkanes) is 8. The van der Waals surface area contributed by atoms with Crippen LogP contribution in [0, 0.1) is 0 Å². The van der Waals surface area contributed by atoms with Crippen LogP contribution in [0.3, 0.4) is 0 Å². The van der Waals surface area contributed by atoms with E-state index >= 15 is 0 Å². The van der Waals surface area contributed by atoms with Crippen molar-refractivity contribution in [1.82, 2.24) is 0 Å². The van der Waals surface area contributed by atoms with Crippen LogP contribution in [0.5, 0.6) is 0 Å². The van der Waals surface area contributed by atoms with E-state index in [1.165, 1.54) is 19.3 Å². The molecule has 0 radical (unpaired) electrons. The van der Waals surface area contributed by atoms with E-state index in [9.17, 15) is 9.90 Å². The minimum atomic E-state index is -0.978. The Bertz CT molecular complexity index is 343. The maximum Gasteiger partial charge on any atom is 0.305 e. The zero-order chi connectivity index (χ0) is 19.5. The number of rotatable bonds is 18. The summed E-state index contributed by atoms with van der Waals surface area (Å²) in [5.41, 5.74) is 0. The van der Waals surface area contributed by atoms with E-state index in [1.807, 2.05) is 0 Å². The van der Waals surface area contributed by atoms with Crippen LogP contribution in [-0.2, 0) is 9.53 Å². The summed E-state index contributed by atoms with van der Waals surface area (Å²) in [4.78, 5) is 11.4. The summed E-state index contributed by atoms with van der Waals surface area (Å²) in [5.74, 6) is -0.311. The average molecular weight is 373 g/mol. The maximum absolute atomic E-state index is 11.4. The van der Waals surface area contributed by atoms with Gasteiger partial charge in [-0.05, 0) is 32.1 Å². The molecule has 0 rings (SSSR count). The molecular weight excluding hydrogens is 332 g/mol. The fourth-order valence-corrected chi connectivity index (χ4v) is 2.67. The lowest BCUT2D eigenvalue weighted by Crippen LogP contribution is -2.21. The van der Waals surface area contributed by atoms with Gasteiger partial charge < -0.3 is 20.1 Å². The quantitative estimate of drug-likeness (QED) is 0.193. The van der Waals surface area contributed by atoms with Crippen LogP contribution in [0.4, 0.5) is 0 Å². The highest BCUT2D eigenvalue weighted by atomic mass is 16.5. The first-order valence-electron chi connectivity index (χ1n) is 10.4. The highest BCUT2D eigenvalue weighted by Crippen LogP contribution is 2.10. The van der Waals surface area contributed by atoms with E-state index in [4.69, 9.17) is 14.9 Å². The second kappa shape index (κ2) is 18.9. The van der Waals surface area contributed by atoms with Gasteiger partial charge in [0.1, 0.15) is 12.7 Å². The average Bonchev–Trinajstić information content (AvgIpc) is 2.64. The second-order valence-corrected chi connectivity index (χ2v) is 7.04. The van der Waals surface area contributed by atoms with Crippen molar-refractivity contribution in [3.8, 4) is 0 Å². The van der Waals surface area contributed by atoms with Crippen molar-refractivity contribution in [1.29, 1.82) is 0 Å².